The molecule has 0 aliphatic rings. The summed E-state index contributed by atoms with van der Waals surface area (Å²) in [6, 6.07) is 22.5. The van der Waals surface area contributed by atoms with E-state index in [-0.39, 0.29) is 5.41 Å². The van der Waals surface area contributed by atoms with Gasteiger partial charge in [-0.1, -0.05) is 108 Å². The zero-order valence-electron chi connectivity index (χ0n) is 23.0. The van der Waals surface area contributed by atoms with Gasteiger partial charge in [0.2, 0.25) is 0 Å². The molecule has 196 valence electrons. The molecule has 0 aliphatic carbocycles. The first-order chi connectivity index (χ1) is 17.7. The first-order valence-electron chi connectivity index (χ1n) is 13.5. The van der Waals surface area contributed by atoms with E-state index in [9.17, 15) is 0 Å². The second-order valence-electron chi connectivity index (χ2n) is 10.7. The molecule has 1 nitrogen and oxygen atoms in total. The third kappa shape index (κ3) is 9.27. The van der Waals surface area contributed by atoms with E-state index in [1.165, 1.54) is 66.3 Å². The summed E-state index contributed by atoms with van der Waals surface area (Å²) in [5.74, 6) is 0. The lowest BCUT2D eigenvalue weighted by Gasteiger charge is -2.24. The molecule has 3 heteroatoms. The van der Waals surface area contributed by atoms with Gasteiger partial charge in [0.15, 0.2) is 0 Å². The molecule has 0 radical (unpaired) electrons. The number of rotatable bonds is 11. The van der Waals surface area contributed by atoms with Crippen LogP contribution in [0.3, 0.4) is 0 Å². The first-order valence-corrected chi connectivity index (χ1v) is 15.7. The summed E-state index contributed by atoms with van der Waals surface area (Å²) >= 11 is 4.91. The van der Waals surface area contributed by atoms with E-state index in [1.54, 1.807) is 0 Å². The van der Waals surface area contributed by atoms with Gasteiger partial charge in [0, 0.05) is 25.9 Å². The van der Waals surface area contributed by atoms with Crippen LogP contribution in [0.25, 0.3) is 24.3 Å². The molecule has 0 heterocycles. The van der Waals surface area contributed by atoms with Gasteiger partial charge in [0.1, 0.15) is 0 Å². The van der Waals surface area contributed by atoms with Crippen molar-refractivity contribution >= 4 is 75.2 Å². The Labute approximate surface area is 252 Å². The van der Waals surface area contributed by atoms with E-state index in [0.717, 1.165) is 13.1 Å². The van der Waals surface area contributed by atoms with Crippen molar-refractivity contribution in [2.24, 2.45) is 0 Å². The molecule has 37 heavy (non-hydrogen) atoms. The van der Waals surface area contributed by atoms with Crippen molar-refractivity contribution in [3.05, 3.63) is 95.6 Å². The van der Waals surface area contributed by atoms with Crippen LogP contribution < -0.4 is 4.90 Å². The van der Waals surface area contributed by atoms with Gasteiger partial charge in [-0.2, -0.15) is 0 Å². The van der Waals surface area contributed by atoms with Crippen molar-refractivity contribution in [2.45, 2.75) is 65.7 Å². The number of hydrogen-bond donors (Lipinski definition) is 0. The molecular weight excluding hydrogens is 676 g/mol. The van der Waals surface area contributed by atoms with E-state index in [4.69, 9.17) is 0 Å². The fraction of sp³-hybridized carbons (Fsp3) is 0.353. The minimum Gasteiger partial charge on any atom is -0.372 e. The Morgan fingerprint density at radius 1 is 0.649 bits per heavy atom. The van der Waals surface area contributed by atoms with Crippen LogP contribution in [0, 0.1) is 7.14 Å². The smallest absolute Gasteiger partial charge is 0.0366 e. The molecule has 0 spiro atoms. The second-order valence-corrected chi connectivity index (χ2v) is 13.0. The fourth-order valence-corrected chi connectivity index (χ4v) is 5.51. The maximum Gasteiger partial charge on any atom is 0.0366 e. The van der Waals surface area contributed by atoms with Crippen molar-refractivity contribution in [3.8, 4) is 0 Å². The number of benzene rings is 3. The summed E-state index contributed by atoms with van der Waals surface area (Å²) < 4.78 is 2.52. The number of anilines is 1. The van der Waals surface area contributed by atoms with E-state index >= 15 is 0 Å². The fourth-order valence-electron chi connectivity index (χ4n) is 4.16. The predicted octanol–water partition coefficient (Wildman–Crippen LogP) is 10.9. The van der Waals surface area contributed by atoms with E-state index < -0.39 is 0 Å². The van der Waals surface area contributed by atoms with Crippen molar-refractivity contribution in [2.75, 3.05) is 18.0 Å². The van der Waals surface area contributed by atoms with Gasteiger partial charge < -0.3 is 4.90 Å². The van der Waals surface area contributed by atoms with Crippen LogP contribution >= 0.6 is 45.2 Å². The molecule has 3 aromatic rings. The summed E-state index contributed by atoms with van der Waals surface area (Å²) in [7, 11) is 0. The Morgan fingerprint density at radius 3 is 1.49 bits per heavy atom. The monoisotopic (exact) mass is 717 g/mol. The quantitative estimate of drug-likeness (QED) is 0.141. The highest BCUT2D eigenvalue weighted by molar-refractivity contribution is 14.1. The molecule has 3 aromatic carbocycles. The average Bonchev–Trinajstić information content (AvgIpc) is 2.88. The van der Waals surface area contributed by atoms with E-state index in [1.807, 2.05) is 0 Å². The van der Waals surface area contributed by atoms with Gasteiger partial charge >= 0.3 is 0 Å². The molecular formula is C34H41I2N. The molecule has 0 fully saturated rings. The van der Waals surface area contributed by atoms with Crippen molar-refractivity contribution in [1.29, 1.82) is 0 Å². The number of nitrogens with zero attached hydrogens (tertiary/aromatic N) is 1. The maximum absolute atomic E-state index is 2.54. The first kappa shape index (κ1) is 29.9. The molecule has 0 N–H and O–H groups in total. The Kier molecular flexibility index (Phi) is 11.8. The van der Waals surface area contributed by atoms with Crippen molar-refractivity contribution in [3.63, 3.8) is 0 Å². The van der Waals surface area contributed by atoms with Gasteiger partial charge in [-0.3, -0.25) is 0 Å². The second kappa shape index (κ2) is 14.5. The van der Waals surface area contributed by atoms with Crippen LogP contribution in [0.15, 0.2) is 60.7 Å². The lowest BCUT2D eigenvalue weighted by atomic mass is 9.87. The summed E-state index contributed by atoms with van der Waals surface area (Å²) in [5.41, 5.74) is 7.87. The van der Waals surface area contributed by atoms with Gasteiger partial charge in [-0.25, -0.2) is 0 Å². The molecule has 0 saturated carbocycles. The van der Waals surface area contributed by atoms with Gasteiger partial charge in [-0.15, -0.1) is 0 Å². The molecule has 0 amide bonds. The number of unbranched alkanes of at least 4 members (excludes halogenated alkanes) is 2. The highest BCUT2D eigenvalue weighted by Gasteiger charge is 2.12. The lowest BCUT2D eigenvalue weighted by molar-refractivity contribution is 0.590. The van der Waals surface area contributed by atoms with Crippen molar-refractivity contribution in [1.82, 2.24) is 0 Å². The topological polar surface area (TPSA) is 3.24 Å². The molecule has 0 aromatic heterocycles. The van der Waals surface area contributed by atoms with Gasteiger partial charge in [0.05, 0.1) is 0 Å². The number of hydrogen-bond acceptors (Lipinski definition) is 1. The van der Waals surface area contributed by atoms with E-state index in [2.05, 4.69) is 170 Å². The Bertz CT molecular complexity index is 1170. The lowest BCUT2D eigenvalue weighted by Crippen LogP contribution is -2.25. The predicted molar refractivity (Wildman–Crippen MR) is 183 cm³/mol. The molecule has 3 rings (SSSR count). The van der Waals surface area contributed by atoms with Crippen LogP contribution in [0.5, 0.6) is 0 Å². The minimum atomic E-state index is 0.183. The van der Waals surface area contributed by atoms with Crippen LogP contribution in [0.1, 0.15) is 88.1 Å². The van der Waals surface area contributed by atoms with Crippen LogP contribution in [0.4, 0.5) is 5.69 Å². The highest BCUT2D eigenvalue weighted by Crippen LogP contribution is 2.26. The minimum absolute atomic E-state index is 0.183. The molecule has 0 saturated heterocycles. The average molecular weight is 718 g/mol. The molecule has 0 bridgehead atoms. The van der Waals surface area contributed by atoms with Gasteiger partial charge in [-0.05, 0) is 116 Å². The summed E-state index contributed by atoms with van der Waals surface area (Å²) in [6.45, 7) is 13.6. The third-order valence-corrected chi connectivity index (χ3v) is 8.49. The van der Waals surface area contributed by atoms with Crippen LogP contribution in [-0.4, -0.2) is 13.1 Å². The zero-order valence-corrected chi connectivity index (χ0v) is 27.3. The molecule has 0 aliphatic heterocycles. The molecule has 0 unspecified atom stereocenters. The number of halogens is 2. The third-order valence-electron chi connectivity index (χ3n) is 6.62. The van der Waals surface area contributed by atoms with Crippen molar-refractivity contribution < 1.29 is 0 Å². The normalized spacial score (nSPS) is 12.1. The van der Waals surface area contributed by atoms with Crippen LogP contribution in [-0.2, 0) is 5.41 Å². The Hall–Kier alpha value is -1.60. The van der Waals surface area contributed by atoms with E-state index in [0.29, 0.717) is 0 Å². The summed E-state index contributed by atoms with van der Waals surface area (Å²) in [5, 5.41) is 0. The molecule has 0 atom stereocenters. The summed E-state index contributed by atoms with van der Waals surface area (Å²) in [4.78, 5) is 2.54. The van der Waals surface area contributed by atoms with Gasteiger partial charge in [0.25, 0.3) is 0 Å². The Balaban J connectivity index is 1.70. The highest BCUT2D eigenvalue weighted by atomic mass is 127. The standard InChI is InChI=1S/C34H41I2N/c1-6-8-22-37(23-9-7-2)31-20-14-27(15-21-31)11-17-29-25-32(35)28(24-33(29)36)16-10-26-12-18-30(19-13-26)34(3,4)5/h10-21,24-25H,6-9,22-23H2,1-5H3/b16-10+,17-11+. The van der Waals surface area contributed by atoms with Crippen LogP contribution in [0.2, 0.25) is 0 Å². The largest absolute Gasteiger partial charge is 0.372 e. The SMILES string of the molecule is CCCCN(CCCC)c1ccc(/C=C/c2cc(I)c(/C=C/c3ccc(C(C)(C)C)cc3)cc2I)cc1. The zero-order chi connectivity index (χ0) is 26.8. The summed E-state index contributed by atoms with van der Waals surface area (Å²) in [6.07, 6.45) is 13.9. The Morgan fingerprint density at radius 2 is 1.08 bits per heavy atom. The maximum atomic E-state index is 2.54.